The summed E-state index contributed by atoms with van der Waals surface area (Å²) in [5.74, 6) is 0.324. The van der Waals surface area contributed by atoms with Crippen molar-refractivity contribution in [2.45, 2.75) is 39.3 Å². The van der Waals surface area contributed by atoms with Gasteiger partial charge in [-0.3, -0.25) is 14.6 Å². The van der Waals surface area contributed by atoms with Crippen LogP contribution in [0.4, 0.5) is 0 Å². The minimum Gasteiger partial charge on any atom is -0.348 e. The molecule has 1 fully saturated rings. The Balaban J connectivity index is 1.46. The maximum atomic E-state index is 13.0. The number of nitrogens with zero attached hydrogens (tertiary/aromatic N) is 3. The first-order chi connectivity index (χ1) is 14.0. The Hall–Kier alpha value is -2.25. The number of carbonyl (C=O) groups is 2. The fraction of sp³-hybridized carbons (Fsp3) is 0.500. The van der Waals surface area contributed by atoms with E-state index in [2.05, 4.69) is 22.2 Å². The molecule has 0 saturated carbocycles. The number of likely N-dealkylation sites (tertiary alicyclic amines) is 1. The molecular weight excluding hydrogens is 384 g/mol. The molecule has 2 aliphatic heterocycles. The number of rotatable bonds is 4. The number of carbonyl (C=O) groups excluding carboxylic acids is 2. The van der Waals surface area contributed by atoms with Crippen LogP contribution in [0.25, 0.3) is 0 Å². The Kier molecular flexibility index (Phi) is 5.96. The van der Waals surface area contributed by atoms with E-state index in [1.807, 2.05) is 34.8 Å². The summed E-state index contributed by atoms with van der Waals surface area (Å²) in [7, 11) is 2.09. The van der Waals surface area contributed by atoms with E-state index in [1.165, 1.54) is 16.9 Å². The Labute approximate surface area is 175 Å². The highest BCUT2D eigenvalue weighted by Crippen LogP contribution is 2.26. The number of aromatic nitrogens is 1. The largest absolute Gasteiger partial charge is 0.348 e. The molecule has 2 aromatic heterocycles. The smallest absolute Gasteiger partial charge is 0.252 e. The minimum absolute atomic E-state index is 0.0581. The van der Waals surface area contributed by atoms with Gasteiger partial charge in [-0.2, -0.15) is 11.3 Å². The second-order valence-corrected chi connectivity index (χ2v) is 8.91. The first-order valence-corrected chi connectivity index (χ1v) is 11.2. The third kappa shape index (κ3) is 4.36. The van der Waals surface area contributed by atoms with E-state index < -0.39 is 0 Å². The Morgan fingerprint density at radius 3 is 2.97 bits per heavy atom. The van der Waals surface area contributed by atoms with E-state index in [1.54, 1.807) is 0 Å². The molecule has 1 N–H and O–H groups in total. The summed E-state index contributed by atoms with van der Waals surface area (Å²) in [6, 6.07) is 1.83. The Bertz CT molecular complexity index is 896. The van der Waals surface area contributed by atoms with Crippen molar-refractivity contribution in [2.24, 2.45) is 5.92 Å². The average Bonchev–Trinajstić information content (AvgIpc) is 3.27. The van der Waals surface area contributed by atoms with E-state index in [-0.39, 0.29) is 17.7 Å². The zero-order chi connectivity index (χ0) is 20.4. The number of thiophene rings is 1. The summed E-state index contributed by atoms with van der Waals surface area (Å²) in [5, 5.41) is 6.78. The van der Waals surface area contributed by atoms with Crippen molar-refractivity contribution in [2.75, 3.05) is 26.7 Å². The van der Waals surface area contributed by atoms with Gasteiger partial charge in [-0.15, -0.1) is 0 Å². The molecule has 7 heteroatoms. The number of hydrogen-bond donors (Lipinski definition) is 1. The summed E-state index contributed by atoms with van der Waals surface area (Å²) in [4.78, 5) is 34.2. The lowest BCUT2D eigenvalue weighted by molar-refractivity contribution is -0.138. The molecule has 0 bridgehead atoms. The number of aryl methyl sites for hydroxylation is 1. The molecule has 0 aliphatic carbocycles. The topological polar surface area (TPSA) is 65.5 Å². The molecule has 1 saturated heterocycles. The molecule has 0 spiro atoms. The molecule has 154 valence electrons. The molecule has 6 nitrogen and oxygen atoms in total. The van der Waals surface area contributed by atoms with Crippen LogP contribution in [0.3, 0.4) is 0 Å². The Morgan fingerprint density at radius 2 is 2.21 bits per heavy atom. The van der Waals surface area contributed by atoms with Crippen molar-refractivity contribution < 1.29 is 9.59 Å². The molecule has 4 rings (SSSR count). The van der Waals surface area contributed by atoms with E-state index in [9.17, 15) is 9.59 Å². The normalized spacial score (nSPS) is 19.7. The molecule has 2 amide bonds. The molecule has 29 heavy (non-hydrogen) atoms. The monoisotopic (exact) mass is 412 g/mol. The predicted octanol–water partition coefficient (Wildman–Crippen LogP) is 2.61. The number of nitrogens with one attached hydrogen (secondary N) is 1. The van der Waals surface area contributed by atoms with Crippen LogP contribution in [-0.2, 0) is 24.3 Å². The number of hydrogen-bond acceptors (Lipinski definition) is 5. The molecule has 2 aromatic rings. The highest BCUT2D eigenvalue weighted by atomic mass is 32.1. The SMILES string of the molecule is Cc1ncc2c(c1CNC(=O)c1ccsc1)CCN(C(=O)C1CCCN(C)C1)C2. The summed E-state index contributed by atoms with van der Waals surface area (Å²) < 4.78 is 0. The molecule has 4 heterocycles. The van der Waals surface area contributed by atoms with Crippen LogP contribution in [0.1, 0.15) is 45.6 Å². The van der Waals surface area contributed by atoms with Crippen molar-refractivity contribution in [3.63, 3.8) is 0 Å². The van der Waals surface area contributed by atoms with Crippen molar-refractivity contribution in [1.29, 1.82) is 0 Å². The first kappa shape index (κ1) is 20.0. The number of piperidine rings is 1. The van der Waals surface area contributed by atoms with Gasteiger partial charge in [0, 0.05) is 49.0 Å². The first-order valence-electron chi connectivity index (χ1n) is 10.3. The van der Waals surface area contributed by atoms with Crippen molar-refractivity contribution in [3.05, 3.63) is 51.0 Å². The number of pyridine rings is 1. The van der Waals surface area contributed by atoms with Crippen LogP contribution in [0.2, 0.25) is 0 Å². The van der Waals surface area contributed by atoms with Gasteiger partial charge in [-0.25, -0.2) is 0 Å². The van der Waals surface area contributed by atoms with Gasteiger partial charge in [-0.1, -0.05) is 0 Å². The van der Waals surface area contributed by atoms with E-state index in [4.69, 9.17) is 0 Å². The van der Waals surface area contributed by atoms with E-state index in [0.717, 1.165) is 55.7 Å². The van der Waals surface area contributed by atoms with Crippen LogP contribution < -0.4 is 5.32 Å². The van der Waals surface area contributed by atoms with Gasteiger partial charge in [0.05, 0.1) is 5.92 Å². The number of fused-ring (bicyclic) bond motifs is 1. The molecule has 2 aliphatic rings. The van der Waals surface area contributed by atoms with Crippen LogP contribution >= 0.6 is 11.3 Å². The lowest BCUT2D eigenvalue weighted by Gasteiger charge is -2.36. The van der Waals surface area contributed by atoms with Crippen LogP contribution in [0, 0.1) is 12.8 Å². The Morgan fingerprint density at radius 1 is 1.34 bits per heavy atom. The van der Waals surface area contributed by atoms with Gasteiger partial charge < -0.3 is 15.1 Å². The second-order valence-electron chi connectivity index (χ2n) is 8.13. The van der Waals surface area contributed by atoms with Gasteiger partial charge in [-0.05, 0) is 67.9 Å². The third-order valence-electron chi connectivity index (χ3n) is 6.09. The molecule has 0 radical (unpaired) electrons. The lowest BCUT2D eigenvalue weighted by Crippen LogP contribution is -2.45. The fourth-order valence-corrected chi connectivity index (χ4v) is 5.07. The second kappa shape index (κ2) is 8.63. The van der Waals surface area contributed by atoms with Crippen LogP contribution in [0.15, 0.2) is 23.0 Å². The van der Waals surface area contributed by atoms with Crippen molar-refractivity contribution in [1.82, 2.24) is 20.1 Å². The average molecular weight is 413 g/mol. The van der Waals surface area contributed by atoms with Crippen LogP contribution in [0.5, 0.6) is 0 Å². The zero-order valence-electron chi connectivity index (χ0n) is 17.1. The predicted molar refractivity (Wildman–Crippen MR) is 114 cm³/mol. The highest BCUT2D eigenvalue weighted by molar-refractivity contribution is 7.08. The summed E-state index contributed by atoms with van der Waals surface area (Å²) in [5.41, 5.74) is 5.09. The van der Waals surface area contributed by atoms with E-state index in [0.29, 0.717) is 18.7 Å². The third-order valence-corrected chi connectivity index (χ3v) is 6.77. The minimum atomic E-state index is -0.0581. The summed E-state index contributed by atoms with van der Waals surface area (Å²) >= 11 is 1.52. The summed E-state index contributed by atoms with van der Waals surface area (Å²) in [6.45, 7) is 5.75. The van der Waals surface area contributed by atoms with Gasteiger partial charge >= 0.3 is 0 Å². The molecule has 1 unspecified atom stereocenters. The maximum Gasteiger partial charge on any atom is 0.252 e. The maximum absolute atomic E-state index is 13.0. The lowest BCUT2D eigenvalue weighted by atomic mass is 9.92. The number of amides is 2. The van der Waals surface area contributed by atoms with Gasteiger partial charge in [0.1, 0.15) is 0 Å². The van der Waals surface area contributed by atoms with Gasteiger partial charge in [0.2, 0.25) is 5.91 Å². The quantitative estimate of drug-likeness (QED) is 0.838. The van der Waals surface area contributed by atoms with Gasteiger partial charge in [0.25, 0.3) is 5.91 Å². The van der Waals surface area contributed by atoms with Crippen molar-refractivity contribution >= 4 is 23.2 Å². The molecule has 1 atom stereocenters. The standard InChI is InChI=1S/C22H28N4O2S/c1-15-20(11-24-21(27)17-6-9-29-14-17)19-5-8-26(13-18(19)10-23-15)22(28)16-4-3-7-25(2)12-16/h6,9-10,14,16H,3-5,7-8,11-13H2,1-2H3,(H,24,27). The van der Waals surface area contributed by atoms with Crippen LogP contribution in [-0.4, -0.2) is 53.3 Å². The van der Waals surface area contributed by atoms with Gasteiger partial charge in [0.15, 0.2) is 0 Å². The van der Waals surface area contributed by atoms with E-state index >= 15 is 0 Å². The van der Waals surface area contributed by atoms with Crippen molar-refractivity contribution in [3.8, 4) is 0 Å². The highest BCUT2D eigenvalue weighted by Gasteiger charge is 2.31. The summed E-state index contributed by atoms with van der Waals surface area (Å²) in [6.07, 6.45) is 4.79. The molecule has 0 aromatic carbocycles. The molecular formula is C22H28N4O2S. The fourth-order valence-electron chi connectivity index (χ4n) is 4.44. The zero-order valence-corrected chi connectivity index (χ0v) is 17.9.